The van der Waals surface area contributed by atoms with E-state index >= 15 is 0 Å². The Balaban J connectivity index is 1.66. The van der Waals surface area contributed by atoms with Gasteiger partial charge in [-0.1, -0.05) is 24.6 Å². The van der Waals surface area contributed by atoms with Crippen LogP contribution >= 0.6 is 11.6 Å². The van der Waals surface area contributed by atoms with Crippen molar-refractivity contribution in [1.29, 1.82) is 0 Å². The van der Waals surface area contributed by atoms with E-state index in [-0.39, 0.29) is 22.9 Å². The van der Waals surface area contributed by atoms with Crippen molar-refractivity contribution in [3.63, 3.8) is 0 Å². The maximum Gasteiger partial charge on any atom is 0.230 e. The fourth-order valence-corrected chi connectivity index (χ4v) is 3.10. The van der Waals surface area contributed by atoms with Gasteiger partial charge in [0.15, 0.2) is 0 Å². The first-order valence-electron chi connectivity index (χ1n) is 8.32. The molecule has 2 heterocycles. The smallest absolute Gasteiger partial charge is 0.230 e. The molecule has 2 aromatic rings. The van der Waals surface area contributed by atoms with E-state index in [0.29, 0.717) is 5.82 Å². The van der Waals surface area contributed by atoms with Gasteiger partial charge in [-0.2, -0.15) is 0 Å². The molecule has 0 bridgehead atoms. The van der Waals surface area contributed by atoms with Crippen LogP contribution in [0.25, 0.3) is 0 Å². The molecule has 132 valence electrons. The molecule has 1 amide bonds. The zero-order chi connectivity index (χ0) is 17.8. The van der Waals surface area contributed by atoms with Gasteiger partial charge in [-0.3, -0.25) is 4.79 Å². The molecule has 0 atom stereocenters. The summed E-state index contributed by atoms with van der Waals surface area (Å²) in [7, 11) is 0. The van der Waals surface area contributed by atoms with Crippen LogP contribution in [0, 0.1) is 11.7 Å². The standard InChI is InChI=1S/C18H20ClFN4O/c1-12-5-7-24(8-6-12)17-10-16(21-11-22-17)23-18(25)9-13-14(19)3-2-4-15(13)20/h2-4,10-12H,5-9H2,1H3,(H,21,22,23,25). The number of hydrogen-bond acceptors (Lipinski definition) is 4. The lowest BCUT2D eigenvalue weighted by Crippen LogP contribution is -2.33. The summed E-state index contributed by atoms with van der Waals surface area (Å²) < 4.78 is 13.8. The summed E-state index contributed by atoms with van der Waals surface area (Å²) >= 11 is 5.96. The Morgan fingerprint density at radius 3 is 2.84 bits per heavy atom. The van der Waals surface area contributed by atoms with Crippen molar-refractivity contribution < 1.29 is 9.18 Å². The van der Waals surface area contributed by atoms with Gasteiger partial charge in [-0.15, -0.1) is 0 Å². The number of nitrogens with zero attached hydrogens (tertiary/aromatic N) is 3. The molecule has 0 aliphatic carbocycles. The third kappa shape index (κ3) is 4.45. The van der Waals surface area contributed by atoms with Crippen molar-refractivity contribution in [2.45, 2.75) is 26.2 Å². The van der Waals surface area contributed by atoms with Crippen molar-refractivity contribution in [2.24, 2.45) is 5.92 Å². The van der Waals surface area contributed by atoms with Gasteiger partial charge in [0.1, 0.15) is 23.8 Å². The molecular formula is C18H20ClFN4O. The Kier molecular flexibility index (Phi) is 5.48. The molecule has 3 rings (SSSR count). The Morgan fingerprint density at radius 1 is 1.36 bits per heavy atom. The van der Waals surface area contributed by atoms with Crippen LogP contribution < -0.4 is 10.2 Å². The molecule has 0 unspecified atom stereocenters. The second-order valence-electron chi connectivity index (χ2n) is 6.36. The second kappa shape index (κ2) is 7.78. The molecule has 1 saturated heterocycles. The number of amides is 1. The molecule has 1 aromatic heterocycles. The van der Waals surface area contributed by atoms with E-state index in [1.54, 1.807) is 12.1 Å². The Bertz CT molecular complexity index is 742. The first-order chi connectivity index (χ1) is 12.0. The van der Waals surface area contributed by atoms with E-state index < -0.39 is 5.82 Å². The molecule has 1 N–H and O–H groups in total. The predicted molar refractivity (Wildman–Crippen MR) is 96.4 cm³/mol. The number of carbonyl (C=O) groups excluding carboxylic acids is 1. The number of piperidine rings is 1. The lowest BCUT2D eigenvalue weighted by atomic mass is 9.99. The van der Waals surface area contributed by atoms with Crippen LogP contribution in [0.1, 0.15) is 25.3 Å². The van der Waals surface area contributed by atoms with E-state index in [1.165, 1.54) is 18.5 Å². The van der Waals surface area contributed by atoms with Crippen molar-refractivity contribution >= 4 is 29.1 Å². The zero-order valence-corrected chi connectivity index (χ0v) is 14.8. The average molecular weight is 363 g/mol. The van der Waals surface area contributed by atoms with Gasteiger partial charge in [0.2, 0.25) is 5.91 Å². The van der Waals surface area contributed by atoms with E-state index in [9.17, 15) is 9.18 Å². The normalized spacial score (nSPS) is 15.2. The quantitative estimate of drug-likeness (QED) is 0.901. The number of hydrogen-bond donors (Lipinski definition) is 1. The zero-order valence-electron chi connectivity index (χ0n) is 14.0. The number of benzene rings is 1. The topological polar surface area (TPSA) is 58.1 Å². The molecule has 7 heteroatoms. The van der Waals surface area contributed by atoms with Crippen molar-refractivity contribution in [3.05, 3.63) is 47.0 Å². The van der Waals surface area contributed by atoms with E-state index in [4.69, 9.17) is 11.6 Å². The van der Waals surface area contributed by atoms with Gasteiger partial charge in [-0.25, -0.2) is 14.4 Å². The summed E-state index contributed by atoms with van der Waals surface area (Å²) in [4.78, 5) is 22.8. The fraction of sp³-hybridized carbons (Fsp3) is 0.389. The van der Waals surface area contributed by atoms with Crippen LogP contribution in [0.4, 0.5) is 16.0 Å². The van der Waals surface area contributed by atoms with Crippen LogP contribution in [0.15, 0.2) is 30.6 Å². The van der Waals surface area contributed by atoms with Gasteiger partial charge in [0.05, 0.1) is 6.42 Å². The number of nitrogens with one attached hydrogen (secondary N) is 1. The Morgan fingerprint density at radius 2 is 2.12 bits per heavy atom. The summed E-state index contributed by atoms with van der Waals surface area (Å²) in [5, 5.41) is 2.93. The van der Waals surface area contributed by atoms with Crippen LogP contribution in [0.3, 0.4) is 0 Å². The Labute approximate surface area is 151 Å². The lowest BCUT2D eigenvalue weighted by Gasteiger charge is -2.31. The summed E-state index contributed by atoms with van der Waals surface area (Å²) in [6, 6.07) is 6.11. The lowest BCUT2D eigenvalue weighted by molar-refractivity contribution is -0.115. The third-order valence-electron chi connectivity index (χ3n) is 4.43. The highest BCUT2D eigenvalue weighted by molar-refractivity contribution is 6.31. The maximum atomic E-state index is 13.8. The highest BCUT2D eigenvalue weighted by Gasteiger charge is 2.18. The summed E-state index contributed by atoms with van der Waals surface area (Å²) in [6.45, 7) is 4.13. The van der Waals surface area contributed by atoms with Gasteiger partial charge in [0, 0.05) is 29.7 Å². The van der Waals surface area contributed by atoms with Gasteiger partial charge >= 0.3 is 0 Å². The van der Waals surface area contributed by atoms with Crippen molar-refractivity contribution in [1.82, 2.24) is 9.97 Å². The van der Waals surface area contributed by atoms with Gasteiger partial charge in [-0.05, 0) is 30.9 Å². The first-order valence-corrected chi connectivity index (χ1v) is 8.70. The summed E-state index contributed by atoms with van der Waals surface area (Å²) in [5.74, 6) is 1.06. The third-order valence-corrected chi connectivity index (χ3v) is 4.78. The SMILES string of the molecule is CC1CCN(c2cc(NC(=O)Cc3c(F)cccc3Cl)ncn2)CC1. The minimum absolute atomic E-state index is 0.147. The van der Waals surface area contributed by atoms with Gasteiger partial charge in [0.25, 0.3) is 0 Å². The number of halogens is 2. The molecule has 1 aromatic carbocycles. The van der Waals surface area contributed by atoms with Gasteiger partial charge < -0.3 is 10.2 Å². The molecule has 1 fully saturated rings. The molecule has 0 radical (unpaired) electrons. The number of aromatic nitrogens is 2. The summed E-state index contributed by atoms with van der Waals surface area (Å²) in [6.07, 6.45) is 3.53. The minimum Gasteiger partial charge on any atom is -0.356 e. The van der Waals surface area contributed by atoms with E-state index in [1.807, 2.05) is 0 Å². The largest absolute Gasteiger partial charge is 0.356 e. The molecule has 5 nitrogen and oxygen atoms in total. The highest BCUT2D eigenvalue weighted by Crippen LogP contribution is 2.23. The van der Waals surface area contributed by atoms with Crippen LogP contribution in [0.2, 0.25) is 5.02 Å². The average Bonchev–Trinajstić information content (AvgIpc) is 2.59. The molecule has 1 aliphatic rings. The van der Waals surface area contributed by atoms with Crippen molar-refractivity contribution in [2.75, 3.05) is 23.3 Å². The van der Waals surface area contributed by atoms with Crippen LogP contribution in [-0.2, 0) is 11.2 Å². The number of carbonyl (C=O) groups is 1. The molecule has 1 aliphatic heterocycles. The van der Waals surface area contributed by atoms with Crippen LogP contribution in [-0.4, -0.2) is 29.0 Å². The Hall–Kier alpha value is -2.21. The van der Waals surface area contributed by atoms with E-state index in [0.717, 1.165) is 37.7 Å². The first kappa shape index (κ1) is 17.6. The van der Waals surface area contributed by atoms with E-state index in [2.05, 4.69) is 27.1 Å². The maximum absolute atomic E-state index is 13.8. The predicted octanol–water partition coefficient (Wildman–Crippen LogP) is 3.69. The highest BCUT2D eigenvalue weighted by atomic mass is 35.5. The molecular weight excluding hydrogens is 343 g/mol. The van der Waals surface area contributed by atoms with Crippen LogP contribution in [0.5, 0.6) is 0 Å². The molecule has 25 heavy (non-hydrogen) atoms. The second-order valence-corrected chi connectivity index (χ2v) is 6.76. The van der Waals surface area contributed by atoms with Crippen molar-refractivity contribution in [3.8, 4) is 0 Å². The monoisotopic (exact) mass is 362 g/mol. The molecule has 0 spiro atoms. The fourth-order valence-electron chi connectivity index (χ4n) is 2.87. The molecule has 0 saturated carbocycles. The summed E-state index contributed by atoms with van der Waals surface area (Å²) in [5.41, 5.74) is 0.181. The number of rotatable bonds is 4. The minimum atomic E-state index is -0.492. The number of anilines is 2.